The van der Waals surface area contributed by atoms with Crippen molar-refractivity contribution in [2.45, 2.75) is 0 Å². The molecular formula is C13H11FNO5P. The minimum atomic E-state index is -3.75. The summed E-state index contributed by atoms with van der Waals surface area (Å²) in [5.74, 6) is -1.37. The van der Waals surface area contributed by atoms with Crippen molar-refractivity contribution >= 4 is 18.6 Å². The van der Waals surface area contributed by atoms with E-state index < -0.39 is 24.0 Å². The Labute approximate surface area is 119 Å². The van der Waals surface area contributed by atoms with Gasteiger partial charge in [-0.1, -0.05) is 18.2 Å². The highest BCUT2D eigenvalue weighted by Gasteiger charge is 2.29. The molecule has 2 aromatic rings. The van der Waals surface area contributed by atoms with Crippen molar-refractivity contribution in [3.05, 3.63) is 64.5 Å². The van der Waals surface area contributed by atoms with E-state index in [4.69, 9.17) is 9.05 Å². The second kappa shape index (κ2) is 6.03. The monoisotopic (exact) mass is 311 g/mol. The van der Waals surface area contributed by atoms with Crippen LogP contribution in [-0.4, -0.2) is 12.0 Å². The van der Waals surface area contributed by atoms with E-state index in [-0.39, 0.29) is 11.1 Å². The highest BCUT2D eigenvalue weighted by molar-refractivity contribution is 7.62. The zero-order valence-electron chi connectivity index (χ0n) is 10.9. The predicted octanol–water partition coefficient (Wildman–Crippen LogP) is 3.28. The SMILES string of the molecule is COP(=O)(Oc1ccc([N+](=O)[O-])cc1F)c1ccccc1. The first kappa shape index (κ1) is 15.2. The van der Waals surface area contributed by atoms with Crippen LogP contribution in [0.2, 0.25) is 0 Å². The molecule has 6 nitrogen and oxygen atoms in total. The van der Waals surface area contributed by atoms with Crippen LogP contribution in [0.3, 0.4) is 0 Å². The molecule has 0 saturated heterocycles. The number of hydrogen-bond acceptors (Lipinski definition) is 5. The number of nitro groups is 1. The first-order valence-electron chi connectivity index (χ1n) is 5.81. The average molecular weight is 311 g/mol. The van der Waals surface area contributed by atoms with E-state index in [1.54, 1.807) is 18.2 Å². The lowest BCUT2D eigenvalue weighted by molar-refractivity contribution is -0.385. The van der Waals surface area contributed by atoms with Crippen molar-refractivity contribution < 1.29 is 22.9 Å². The van der Waals surface area contributed by atoms with Crippen molar-refractivity contribution in [1.82, 2.24) is 0 Å². The van der Waals surface area contributed by atoms with Gasteiger partial charge in [-0.2, -0.15) is 0 Å². The Morgan fingerprint density at radius 1 is 1.19 bits per heavy atom. The zero-order valence-corrected chi connectivity index (χ0v) is 11.8. The molecule has 0 fully saturated rings. The van der Waals surface area contributed by atoms with Crippen LogP contribution in [-0.2, 0) is 9.09 Å². The second-order valence-electron chi connectivity index (χ2n) is 3.98. The lowest BCUT2D eigenvalue weighted by atomic mass is 10.3. The molecule has 21 heavy (non-hydrogen) atoms. The van der Waals surface area contributed by atoms with Crippen LogP contribution in [0.15, 0.2) is 48.5 Å². The molecule has 1 unspecified atom stereocenters. The van der Waals surface area contributed by atoms with E-state index in [2.05, 4.69) is 0 Å². The maximum Gasteiger partial charge on any atom is 0.410 e. The number of nitrogens with zero attached hydrogens (tertiary/aromatic N) is 1. The Morgan fingerprint density at radius 2 is 1.86 bits per heavy atom. The lowest BCUT2D eigenvalue weighted by Crippen LogP contribution is -2.11. The van der Waals surface area contributed by atoms with Crippen LogP contribution in [0.25, 0.3) is 0 Å². The van der Waals surface area contributed by atoms with Gasteiger partial charge in [-0.05, 0) is 18.2 Å². The fourth-order valence-corrected chi connectivity index (χ4v) is 2.95. The third kappa shape index (κ3) is 3.26. The van der Waals surface area contributed by atoms with Crippen LogP contribution in [0.4, 0.5) is 10.1 Å². The number of benzene rings is 2. The molecule has 0 amide bonds. The molecule has 0 bridgehead atoms. The van der Waals surface area contributed by atoms with E-state index >= 15 is 0 Å². The number of non-ortho nitro benzene ring substituents is 1. The van der Waals surface area contributed by atoms with Gasteiger partial charge >= 0.3 is 7.60 Å². The number of halogens is 1. The van der Waals surface area contributed by atoms with Crippen LogP contribution < -0.4 is 9.83 Å². The van der Waals surface area contributed by atoms with E-state index in [1.807, 2.05) is 0 Å². The van der Waals surface area contributed by atoms with Crippen molar-refractivity contribution in [2.24, 2.45) is 0 Å². The quantitative estimate of drug-likeness (QED) is 0.481. The standard InChI is InChI=1S/C13H11FNO5P/c1-19-21(18,11-5-3-2-4-6-11)20-13-8-7-10(15(16)17)9-12(13)14/h2-9H,1H3. The Hall–Kier alpha value is -2.24. The molecule has 2 aromatic carbocycles. The van der Waals surface area contributed by atoms with Crippen molar-refractivity contribution in [3.63, 3.8) is 0 Å². The molecule has 0 aromatic heterocycles. The first-order chi connectivity index (χ1) is 9.96. The van der Waals surface area contributed by atoms with E-state index in [9.17, 15) is 19.1 Å². The largest absolute Gasteiger partial charge is 0.418 e. The molecule has 2 rings (SSSR count). The molecule has 0 aliphatic carbocycles. The van der Waals surface area contributed by atoms with E-state index in [0.29, 0.717) is 6.07 Å². The predicted molar refractivity (Wildman–Crippen MR) is 74.4 cm³/mol. The molecule has 0 spiro atoms. The third-order valence-corrected chi connectivity index (χ3v) is 4.51. The zero-order chi connectivity index (χ0) is 15.5. The Morgan fingerprint density at radius 3 is 2.38 bits per heavy atom. The summed E-state index contributed by atoms with van der Waals surface area (Å²) in [6.45, 7) is 0. The number of nitro benzene ring substituents is 1. The Bertz CT molecular complexity index is 707. The summed E-state index contributed by atoms with van der Waals surface area (Å²) in [5.41, 5.74) is -0.424. The van der Waals surface area contributed by atoms with Crippen molar-refractivity contribution in [3.8, 4) is 5.75 Å². The van der Waals surface area contributed by atoms with Gasteiger partial charge in [0.2, 0.25) is 0 Å². The summed E-state index contributed by atoms with van der Waals surface area (Å²) in [5, 5.41) is 10.8. The van der Waals surface area contributed by atoms with Gasteiger partial charge in [0.15, 0.2) is 11.6 Å². The van der Waals surface area contributed by atoms with Gasteiger partial charge in [-0.3, -0.25) is 14.6 Å². The van der Waals surface area contributed by atoms with Gasteiger partial charge in [-0.15, -0.1) is 0 Å². The topological polar surface area (TPSA) is 78.7 Å². The molecule has 1 atom stereocenters. The lowest BCUT2D eigenvalue weighted by Gasteiger charge is -2.17. The summed E-state index contributed by atoms with van der Waals surface area (Å²) in [6, 6.07) is 10.8. The highest BCUT2D eigenvalue weighted by Crippen LogP contribution is 2.47. The molecule has 0 N–H and O–H groups in total. The molecule has 0 heterocycles. The molecular weight excluding hydrogens is 300 g/mol. The van der Waals surface area contributed by atoms with Gasteiger partial charge in [0.25, 0.3) is 5.69 Å². The summed E-state index contributed by atoms with van der Waals surface area (Å²) in [4.78, 5) is 9.81. The van der Waals surface area contributed by atoms with Gasteiger partial charge in [0.1, 0.15) is 0 Å². The van der Waals surface area contributed by atoms with Gasteiger partial charge in [0, 0.05) is 13.2 Å². The van der Waals surface area contributed by atoms with Crippen molar-refractivity contribution in [2.75, 3.05) is 7.11 Å². The van der Waals surface area contributed by atoms with Gasteiger partial charge < -0.3 is 4.52 Å². The van der Waals surface area contributed by atoms with Crippen LogP contribution in [0, 0.1) is 15.9 Å². The Kier molecular flexibility index (Phi) is 4.35. The molecule has 0 saturated carbocycles. The number of hydrogen-bond donors (Lipinski definition) is 0. The van der Waals surface area contributed by atoms with Crippen molar-refractivity contribution in [1.29, 1.82) is 0 Å². The second-order valence-corrected chi connectivity index (χ2v) is 6.04. The average Bonchev–Trinajstić information content (AvgIpc) is 2.50. The summed E-state index contributed by atoms with van der Waals surface area (Å²) in [6.07, 6.45) is 0. The van der Waals surface area contributed by atoms with Crippen LogP contribution in [0.1, 0.15) is 0 Å². The maximum atomic E-state index is 13.8. The van der Waals surface area contributed by atoms with Gasteiger partial charge in [0.05, 0.1) is 16.3 Å². The molecule has 8 heteroatoms. The molecule has 0 aliphatic heterocycles. The minimum absolute atomic E-state index is 0.255. The maximum absolute atomic E-state index is 13.8. The summed E-state index contributed by atoms with van der Waals surface area (Å²) in [7, 11) is -2.57. The van der Waals surface area contributed by atoms with Gasteiger partial charge in [-0.25, -0.2) is 8.96 Å². The number of rotatable bonds is 5. The highest BCUT2D eigenvalue weighted by atomic mass is 31.2. The summed E-state index contributed by atoms with van der Waals surface area (Å²) < 4.78 is 36.4. The van der Waals surface area contributed by atoms with Crippen LogP contribution >= 0.6 is 7.60 Å². The third-order valence-electron chi connectivity index (χ3n) is 2.66. The first-order valence-corrected chi connectivity index (χ1v) is 7.35. The summed E-state index contributed by atoms with van der Waals surface area (Å²) >= 11 is 0. The van der Waals surface area contributed by atoms with E-state index in [0.717, 1.165) is 12.1 Å². The minimum Gasteiger partial charge on any atom is -0.418 e. The normalized spacial score (nSPS) is 13.4. The Balaban J connectivity index is 2.36. The smallest absolute Gasteiger partial charge is 0.410 e. The molecule has 0 radical (unpaired) electrons. The van der Waals surface area contributed by atoms with E-state index in [1.165, 1.54) is 19.2 Å². The molecule has 0 aliphatic rings. The fourth-order valence-electron chi connectivity index (χ4n) is 1.61. The molecule has 110 valence electrons. The van der Waals surface area contributed by atoms with Crippen LogP contribution in [0.5, 0.6) is 5.75 Å². The fraction of sp³-hybridized carbons (Fsp3) is 0.0769.